The van der Waals surface area contributed by atoms with Crippen molar-refractivity contribution in [1.82, 2.24) is 19.5 Å². The van der Waals surface area contributed by atoms with Crippen molar-refractivity contribution in [2.45, 2.75) is 31.1 Å². The maximum absolute atomic E-state index is 10.9. The molecule has 1 aromatic carbocycles. The van der Waals surface area contributed by atoms with Gasteiger partial charge in [0.2, 0.25) is 0 Å². The van der Waals surface area contributed by atoms with Crippen LogP contribution in [0.5, 0.6) is 0 Å². The Morgan fingerprint density at radius 2 is 2.03 bits per heavy atom. The smallest absolute Gasteiger partial charge is 0.398 e. The molecule has 0 bridgehead atoms. The summed E-state index contributed by atoms with van der Waals surface area (Å²) in [6.07, 6.45) is -2.52. The minimum atomic E-state index is -4.77. The first-order chi connectivity index (χ1) is 15.1. The SMILES string of the molecule is Nc1ccc(Cl)cc1CNc1ncnc2c1ncn2[C@@H]1O[C@H](COP(=O)(O)O)[C@@H](O)[C@H]1O. The number of ether oxygens (including phenoxy) is 1. The van der Waals surface area contributed by atoms with Crippen molar-refractivity contribution in [3.05, 3.63) is 41.4 Å². The Labute approximate surface area is 186 Å². The predicted octanol–water partition coefficient (Wildman–Crippen LogP) is 0.402. The summed E-state index contributed by atoms with van der Waals surface area (Å²) in [4.78, 5) is 30.3. The van der Waals surface area contributed by atoms with Gasteiger partial charge in [-0.15, -0.1) is 0 Å². The number of nitrogens with two attached hydrogens (primary N) is 1. The molecular weight excluding hydrogens is 467 g/mol. The first kappa shape index (κ1) is 22.8. The molecule has 1 saturated heterocycles. The van der Waals surface area contributed by atoms with Crippen LogP contribution >= 0.6 is 19.4 Å². The number of imidazole rings is 1. The molecule has 2 aromatic heterocycles. The highest BCUT2D eigenvalue weighted by Gasteiger charge is 2.45. The van der Waals surface area contributed by atoms with Crippen LogP contribution in [0.25, 0.3) is 11.2 Å². The number of nitrogens with zero attached hydrogens (tertiary/aromatic N) is 4. The van der Waals surface area contributed by atoms with Crippen molar-refractivity contribution in [2.75, 3.05) is 17.7 Å². The summed E-state index contributed by atoms with van der Waals surface area (Å²) in [5.74, 6) is 0.391. The molecule has 1 fully saturated rings. The number of halogens is 1. The van der Waals surface area contributed by atoms with E-state index >= 15 is 0 Å². The fourth-order valence-corrected chi connectivity index (χ4v) is 3.88. The average molecular weight is 487 g/mol. The van der Waals surface area contributed by atoms with E-state index in [4.69, 9.17) is 31.9 Å². The van der Waals surface area contributed by atoms with Crippen LogP contribution in [0.2, 0.25) is 5.02 Å². The summed E-state index contributed by atoms with van der Waals surface area (Å²) in [6, 6.07) is 5.11. The van der Waals surface area contributed by atoms with Crippen LogP contribution in [0.1, 0.15) is 11.8 Å². The molecule has 1 aliphatic rings. The van der Waals surface area contributed by atoms with Crippen molar-refractivity contribution in [1.29, 1.82) is 0 Å². The largest absolute Gasteiger partial charge is 0.469 e. The first-order valence-electron chi connectivity index (χ1n) is 9.31. The Balaban J connectivity index is 1.55. The van der Waals surface area contributed by atoms with E-state index in [0.29, 0.717) is 34.2 Å². The molecule has 4 atom stereocenters. The van der Waals surface area contributed by atoms with Gasteiger partial charge in [0.25, 0.3) is 0 Å². The minimum absolute atomic E-state index is 0.300. The molecule has 0 unspecified atom stereocenters. The van der Waals surface area contributed by atoms with Crippen LogP contribution < -0.4 is 11.1 Å². The molecule has 0 amide bonds. The Morgan fingerprint density at radius 3 is 2.78 bits per heavy atom. The average Bonchev–Trinajstić information content (AvgIpc) is 3.28. The molecule has 1 aliphatic heterocycles. The predicted molar refractivity (Wildman–Crippen MR) is 112 cm³/mol. The van der Waals surface area contributed by atoms with Crippen molar-refractivity contribution in [2.24, 2.45) is 0 Å². The van der Waals surface area contributed by atoms with E-state index in [1.165, 1.54) is 17.2 Å². The molecular formula is C17H20ClN6O7P. The Kier molecular flexibility index (Phi) is 6.34. The van der Waals surface area contributed by atoms with Crippen LogP contribution in [0.15, 0.2) is 30.9 Å². The Bertz CT molecular complexity index is 1170. The highest BCUT2D eigenvalue weighted by atomic mass is 35.5. The summed E-state index contributed by atoms with van der Waals surface area (Å²) in [5.41, 5.74) is 7.95. The molecule has 15 heteroatoms. The van der Waals surface area contributed by atoms with Crippen LogP contribution in [-0.4, -0.2) is 64.4 Å². The van der Waals surface area contributed by atoms with Crippen molar-refractivity contribution < 1.29 is 33.8 Å². The molecule has 172 valence electrons. The maximum Gasteiger partial charge on any atom is 0.469 e. The van der Waals surface area contributed by atoms with Crippen molar-refractivity contribution in [3.8, 4) is 0 Å². The fourth-order valence-electron chi connectivity index (χ4n) is 3.34. The van der Waals surface area contributed by atoms with Crippen LogP contribution in [-0.2, 0) is 20.4 Å². The quantitative estimate of drug-likeness (QED) is 0.199. The molecule has 0 spiro atoms. The number of phosphoric acid groups is 1. The fraction of sp³-hybridized carbons (Fsp3) is 0.353. The number of phosphoric ester groups is 1. The second-order valence-corrected chi connectivity index (χ2v) is 8.75. The summed E-state index contributed by atoms with van der Waals surface area (Å²) < 4.78 is 22.3. The number of fused-ring (bicyclic) bond motifs is 1. The molecule has 3 heterocycles. The van der Waals surface area contributed by atoms with Gasteiger partial charge in [0.15, 0.2) is 23.2 Å². The number of hydrogen-bond donors (Lipinski definition) is 6. The van der Waals surface area contributed by atoms with E-state index in [1.54, 1.807) is 18.2 Å². The zero-order valence-corrected chi connectivity index (χ0v) is 18.0. The van der Waals surface area contributed by atoms with Gasteiger partial charge in [-0.1, -0.05) is 11.6 Å². The lowest BCUT2D eigenvalue weighted by Crippen LogP contribution is -2.33. The highest BCUT2D eigenvalue weighted by molar-refractivity contribution is 7.46. The Morgan fingerprint density at radius 1 is 1.25 bits per heavy atom. The van der Waals surface area contributed by atoms with E-state index in [9.17, 15) is 14.8 Å². The van der Waals surface area contributed by atoms with Crippen LogP contribution in [0.3, 0.4) is 0 Å². The molecule has 4 rings (SSSR count). The number of aliphatic hydroxyl groups excluding tert-OH is 2. The minimum Gasteiger partial charge on any atom is -0.398 e. The zero-order chi connectivity index (χ0) is 23.0. The standard InChI is InChI=1S/C17H20ClN6O7P/c18-9-1-2-10(19)8(3-9)4-20-15-12-16(22-6-21-15)24(7-23-12)17-14(26)13(25)11(31-17)5-30-32(27,28)29/h1-3,6-7,11,13-14,17,25-26H,4-5,19H2,(H,20,21,22)(H2,27,28,29)/t11-,13-,14-,17-/m1/s1. The van der Waals surface area contributed by atoms with Crippen molar-refractivity contribution >= 4 is 42.1 Å². The van der Waals surface area contributed by atoms with E-state index in [2.05, 4.69) is 24.8 Å². The number of rotatable bonds is 7. The normalized spacial score (nSPS) is 23.7. The number of nitrogens with one attached hydrogen (secondary N) is 1. The molecule has 0 saturated carbocycles. The van der Waals surface area contributed by atoms with Crippen LogP contribution in [0.4, 0.5) is 11.5 Å². The van der Waals surface area contributed by atoms with Crippen LogP contribution in [0, 0.1) is 0 Å². The molecule has 32 heavy (non-hydrogen) atoms. The number of aromatic nitrogens is 4. The number of anilines is 2. The zero-order valence-electron chi connectivity index (χ0n) is 16.3. The third kappa shape index (κ3) is 4.70. The first-order valence-corrected chi connectivity index (χ1v) is 11.2. The third-order valence-corrected chi connectivity index (χ3v) is 5.65. The molecule has 7 N–H and O–H groups in total. The van der Waals surface area contributed by atoms with Crippen molar-refractivity contribution in [3.63, 3.8) is 0 Å². The molecule has 0 aliphatic carbocycles. The number of hydrogen-bond acceptors (Lipinski definition) is 10. The van der Waals surface area contributed by atoms with E-state index in [0.717, 1.165) is 5.56 Å². The summed E-state index contributed by atoms with van der Waals surface area (Å²) >= 11 is 6.02. The number of nitrogen functional groups attached to an aromatic ring is 1. The van der Waals surface area contributed by atoms with E-state index in [-0.39, 0.29) is 0 Å². The van der Waals surface area contributed by atoms with Gasteiger partial charge in [0.05, 0.1) is 12.9 Å². The summed E-state index contributed by atoms with van der Waals surface area (Å²) in [5, 5.41) is 24.3. The topological polar surface area (TPSA) is 198 Å². The Hall–Kier alpha value is -2.35. The second-order valence-electron chi connectivity index (χ2n) is 7.08. The molecule has 13 nitrogen and oxygen atoms in total. The second kappa shape index (κ2) is 8.89. The van der Waals surface area contributed by atoms with Gasteiger partial charge in [-0.05, 0) is 23.8 Å². The van der Waals surface area contributed by atoms with Gasteiger partial charge >= 0.3 is 7.82 Å². The van der Waals surface area contributed by atoms with Gasteiger partial charge in [0, 0.05) is 17.3 Å². The third-order valence-electron chi connectivity index (χ3n) is 4.93. The van der Waals surface area contributed by atoms with E-state index in [1.807, 2.05) is 0 Å². The summed E-state index contributed by atoms with van der Waals surface area (Å²) in [6.45, 7) is -0.303. The van der Waals surface area contributed by atoms with Gasteiger partial charge in [-0.3, -0.25) is 9.09 Å². The van der Waals surface area contributed by atoms with E-state index < -0.39 is 39.0 Å². The van der Waals surface area contributed by atoms with Gasteiger partial charge in [-0.2, -0.15) is 0 Å². The number of aliphatic hydroxyl groups is 2. The number of benzene rings is 1. The lowest BCUT2D eigenvalue weighted by Gasteiger charge is -2.16. The summed E-state index contributed by atoms with van der Waals surface area (Å²) in [7, 11) is -4.77. The van der Waals surface area contributed by atoms with Gasteiger partial charge in [0.1, 0.15) is 24.6 Å². The lowest BCUT2D eigenvalue weighted by molar-refractivity contribution is -0.0504. The molecule has 3 aromatic rings. The van der Waals surface area contributed by atoms with Gasteiger partial charge in [-0.25, -0.2) is 19.5 Å². The lowest BCUT2D eigenvalue weighted by atomic mass is 10.1. The maximum atomic E-state index is 10.9. The molecule has 0 radical (unpaired) electrons. The monoisotopic (exact) mass is 486 g/mol. The highest BCUT2D eigenvalue weighted by Crippen LogP contribution is 2.39. The van der Waals surface area contributed by atoms with Gasteiger partial charge < -0.3 is 35.8 Å².